The third-order valence-electron chi connectivity index (χ3n) is 2.61. The molecular formula is C14H15ClIN3. The average molecular weight is 388 g/mol. The molecule has 100 valence electrons. The van der Waals surface area contributed by atoms with Crippen LogP contribution in [0.25, 0.3) is 0 Å². The maximum absolute atomic E-state index is 6.19. The summed E-state index contributed by atoms with van der Waals surface area (Å²) < 4.78 is 0.961. The van der Waals surface area contributed by atoms with Crippen molar-refractivity contribution in [1.82, 2.24) is 15.0 Å². The van der Waals surface area contributed by atoms with Crippen LogP contribution in [-0.4, -0.2) is 15.0 Å². The minimum Gasteiger partial charge on any atom is -0.264 e. The van der Waals surface area contributed by atoms with Gasteiger partial charge in [-0.1, -0.05) is 31.5 Å². The number of rotatable bonds is 4. The molecule has 2 rings (SSSR count). The van der Waals surface area contributed by atoms with Crippen LogP contribution in [0.4, 0.5) is 0 Å². The first-order valence-corrected chi connectivity index (χ1v) is 7.61. The van der Waals surface area contributed by atoms with Crippen LogP contribution in [-0.2, 0) is 12.8 Å². The number of pyridine rings is 1. The monoisotopic (exact) mass is 387 g/mol. The molecule has 0 aliphatic carbocycles. The van der Waals surface area contributed by atoms with Crippen molar-refractivity contribution >= 4 is 34.2 Å². The van der Waals surface area contributed by atoms with Crippen LogP contribution in [0.1, 0.15) is 30.9 Å². The minimum absolute atomic E-state index is 0.546. The quantitative estimate of drug-likeness (QED) is 0.589. The molecule has 19 heavy (non-hydrogen) atoms. The highest BCUT2D eigenvalue weighted by Crippen LogP contribution is 2.22. The van der Waals surface area contributed by atoms with Gasteiger partial charge in [-0.2, -0.15) is 0 Å². The molecule has 2 aromatic rings. The van der Waals surface area contributed by atoms with Crippen molar-refractivity contribution in [3.05, 3.63) is 50.3 Å². The standard InChI is InChI=1S/C14H15ClIN3/c1-9(2)6-11-13(16)14(15)19-12(18-11)7-10-4-3-5-17-8-10/h3-5,8-9H,6-7H2,1-2H3. The molecule has 2 heterocycles. The van der Waals surface area contributed by atoms with Gasteiger partial charge in [0.25, 0.3) is 0 Å². The van der Waals surface area contributed by atoms with E-state index >= 15 is 0 Å². The minimum atomic E-state index is 0.546. The normalized spacial score (nSPS) is 11.0. The van der Waals surface area contributed by atoms with E-state index in [0.717, 1.165) is 27.1 Å². The summed E-state index contributed by atoms with van der Waals surface area (Å²) in [7, 11) is 0. The van der Waals surface area contributed by atoms with Gasteiger partial charge in [-0.15, -0.1) is 0 Å². The topological polar surface area (TPSA) is 38.7 Å². The van der Waals surface area contributed by atoms with Crippen molar-refractivity contribution in [2.45, 2.75) is 26.7 Å². The first-order valence-electron chi connectivity index (χ1n) is 6.16. The summed E-state index contributed by atoms with van der Waals surface area (Å²) in [6.07, 6.45) is 5.17. The summed E-state index contributed by atoms with van der Waals surface area (Å²) in [6, 6.07) is 3.93. The Hall–Kier alpha value is -0.750. The molecule has 3 nitrogen and oxygen atoms in total. The van der Waals surface area contributed by atoms with Crippen LogP contribution in [0.3, 0.4) is 0 Å². The van der Waals surface area contributed by atoms with Crippen molar-refractivity contribution < 1.29 is 0 Å². The molecule has 0 aromatic carbocycles. The Morgan fingerprint density at radius 3 is 2.74 bits per heavy atom. The lowest BCUT2D eigenvalue weighted by atomic mass is 10.1. The fourth-order valence-corrected chi connectivity index (χ4v) is 2.47. The Labute approximate surface area is 132 Å². The summed E-state index contributed by atoms with van der Waals surface area (Å²) in [5.41, 5.74) is 2.13. The number of nitrogens with zero attached hydrogens (tertiary/aromatic N) is 3. The van der Waals surface area contributed by atoms with Crippen LogP contribution < -0.4 is 0 Å². The molecule has 0 aliphatic heterocycles. The summed E-state index contributed by atoms with van der Waals surface area (Å²) in [5, 5.41) is 0.546. The predicted molar refractivity (Wildman–Crippen MR) is 85.3 cm³/mol. The predicted octanol–water partition coefficient (Wildman–Crippen LogP) is 3.92. The third kappa shape index (κ3) is 4.11. The molecule has 0 unspecified atom stereocenters. The van der Waals surface area contributed by atoms with E-state index in [1.54, 1.807) is 6.20 Å². The Bertz CT molecular complexity index is 558. The fraction of sp³-hybridized carbons (Fsp3) is 0.357. The smallest absolute Gasteiger partial charge is 0.146 e. The Kier molecular flexibility index (Phi) is 5.10. The second-order valence-corrected chi connectivity index (χ2v) is 6.26. The van der Waals surface area contributed by atoms with Gasteiger partial charge in [0.05, 0.1) is 9.26 Å². The molecule has 0 bridgehead atoms. The molecule has 0 N–H and O–H groups in total. The molecule has 0 radical (unpaired) electrons. The van der Waals surface area contributed by atoms with E-state index in [1.807, 2.05) is 18.3 Å². The van der Waals surface area contributed by atoms with Crippen LogP contribution in [0.2, 0.25) is 5.15 Å². The van der Waals surface area contributed by atoms with E-state index in [9.17, 15) is 0 Å². The number of halogens is 2. The lowest BCUT2D eigenvalue weighted by Crippen LogP contribution is -2.07. The second kappa shape index (κ2) is 6.61. The van der Waals surface area contributed by atoms with Crippen molar-refractivity contribution in [3.63, 3.8) is 0 Å². The highest BCUT2D eigenvalue weighted by molar-refractivity contribution is 14.1. The molecule has 0 aliphatic rings. The molecule has 5 heteroatoms. The van der Waals surface area contributed by atoms with Gasteiger partial charge in [-0.25, -0.2) is 9.97 Å². The number of hydrogen-bond acceptors (Lipinski definition) is 3. The van der Waals surface area contributed by atoms with Crippen molar-refractivity contribution in [3.8, 4) is 0 Å². The Morgan fingerprint density at radius 2 is 2.11 bits per heavy atom. The first-order chi connectivity index (χ1) is 9.06. The Morgan fingerprint density at radius 1 is 1.32 bits per heavy atom. The first kappa shape index (κ1) is 14.7. The number of hydrogen-bond donors (Lipinski definition) is 0. The van der Waals surface area contributed by atoms with E-state index in [0.29, 0.717) is 17.5 Å². The molecule has 0 spiro atoms. The van der Waals surface area contributed by atoms with E-state index < -0.39 is 0 Å². The molecular weight excluding hydrogens is 373 g/mol. The molecule has 0 amide bonds. The van der Waals surface area contributed by atoms with Gasteiger partial charge < -0.3 is 0 Å². The zero-order valence-electron chi connectivity index (χ0n) is 10.9. The van der Waals surface area contributed by atoms with E-state index in [-0.39, 0.29) is 0 Å². The van der Waals surface area contributed by atoms with Gasteiger partial charge in [0.15, 0.2) is 0 Å². The van der Waals surface area contributed by atoms with Crippen molar-refractivity contribution in [1.29, 1.82) is 0 Å². The van der Waals surface area contributed by atoms with Crippen LogP contribution in [0.5, 0.6) is 0 Å². The summed E-state index contributed by atoms with van der Waals surface area (Å²) in [4.78, 5) is 13.1. The largest absolute Gasteiger partial charge is 0.264 e. The fourth-order valence-electron chi connectivity index (χ4n) is 1.80. The zero-order valence-corrected chi connectivity index (χ0v) is 13.8. The van der Waals surface area contributed by atoms with E-state index in [4.69, 9.17) is 11.6 Å². The highest BCUT2D eigenvalue weighted by Gasteiger charge is 2.12. The molecule has 0 atom stereocenters. The maximum Gasteiger partial charge on any atom is 0.146 e. The maximum atomic E-state index is 6.19. The summed E-state index contributed by atoms with van der Waals surface area (Å²) in [5.74, 6) is 1.31. The average Bonchev–Trinajstić information content (AvgIpc) is 2.36. The van der Waals surface area contributed by atoms with Crippen LogP contribution in [0.15, 0.2) is 24.5 Å². The summed E-state index contributed by atoms with van der Waals surface area (Å²) in [6.45, 7) is 4.35. The molecule has 0 fully saturated rings. The second-order valence-electron chi connectivity index (χ2n) is 4.83. The summed E-state index contributed by atoms with van der Waals surface area (Å²) >= 11 is 8.41. The van der Waals surface area contributed by atoms with E-state index in [1.165, 1.54) is 0 Å². The van der Waals surface area contributed by atoms with Gasteiger partial charge in [-0.05, 0) is 46.6 Å². The van der Waals surface area contributed by atoms with E-state index in [2.05, 4.69) is 51.4 Å². The van der Waals surface area contributed by atoms with Gasteiger partial charge in [0, 0.05) is 18.8 Å². The molecule has 0 saturated heterocycles. The van der Waals surface area contributed by atoms with Crippen molar-refractivity contribution in [2.75, 3.05) is 0 Å². The molecule has 0 saturated carbocycles. The van der Waals surface area contributed by atoms with Crippen LogP contribution in [0, 0.1) is 9.49 Å². The van der Waals surface area contributed by atoms with Crippen molar-refractivity contribution in [2.24, 2.45) is 5.92 Å². The number of aromatic nitrogens is 3. The zero-order chi connectivity index (χ0) is 13.8. The lowest BCUT2D eigenvalue weighted by Gasteiger charge is -2.10. The SMILES string of the molecule is CC(C)Cc1nc(Cc2cccnc2)nc(Cl)c1I. The highest BCUT2D eigenvalue weighted by atomic mass is 127. The van der Waals surface area contributed by atoms with Crippen LogP contribution >= 0.6 is 34.2 Å². The van der Waals surface area contributed by atoms with Gasteiger partial charge in [-0.3, -0.25) is 4.98 Å². The molecule has 2 aromatic heterocycles. The lowest BCUT2D eigenvalue weighted by molar-refractivity contribution is 0.628. The van der Waals surface area contributed by atoms with Gasteiger partial charge in [0.1, 0.15) is 11.0 Å². The van der Waals surface area contributed by atoms with Gasteiger partial charge >= 0.3 is 0 Å². The third-order valence-corrected chi connectivity index (χ3v) is 4.34. The van der Waals surface area contributed by atoms with Gasteiger partial charge in [0.2, 0.25) is 0 Å². The Balaban J connectivity index is 2.29.